The molecule has 2 saturated heterocycles. The summed E-state index contributed by atoms with van der Waals surface area (Å²) in [5.74, 6) is -0.525. The van der Waals surface area contributed by atoms with Crippen LogP contribution in [0.2, 0.25) is 0 Å². The van der Waals surface area contributed by atoms with Crippen molar-refractivity contribution in [1.82, 2.24) is 15.0 Å². The summed E-state index contributed by atoms with van der Waals surface area (Å²) in [4.78, 5) is 18.7. The van der Waals surface area contributed by atoms with Crippen LogP contribution in [0.4, 0.5) is 19.3 Å². The molecule has 2 aliphatic rings. The number of nitrogens with one attached hydrogen (secondary N) is 1. The fourth-order valence-corrected chi connectivity index (χ4v) is 4.03. The molecule has 3 heterocycles. The van der Waals surface area contributed by atoms with Gasteiger partial charge in [-0.1, -0.05) is 5.16 Å². The topological polar surface area (TPSA) is 80.5 Å². The second kappa shape index (κ2) is 6.88. The van der Waals surface area contributed by atoms with Crippen LogP contribution in [0.1, 0.15) is 30.5 Å². The zero-order valence-electron chi connectivity index (χ0n) is 14.9. The van der Waals surface area contributed by atoms with E-state index in [1.54, 1.807) is 11.8 Å². The molecule has 9 heteroatoms. The van der Waals surface area contributed by atoms with Gasteiger partial charge in [0.05, 0.1) is 5.92 Å². The Balaban J connectivity index is 1.56. The third kappa shape index (κ3) is 3.51. The number of benzene rings is 1. The van der Waals surface area contributed by atoms with Gasteiger partial charge in [0.2, 0.25) is 5.89 Å². The molecule has 1 aromatic carbocycles. The van der Waals surface area contributed by atoms with E-state index in [-0.39, 0.29) is 17.0 Å². The van der Waals surface area contributed by atoms with Gasteiger partial charge in [0.1, 0.15) is 11.6 Å². The molecule has 2 fully saturated rings. The first-order chi connectivity index (χ1) is 12.9. The third-order valence-electron chi connectivity index (χ3n) is 5.38. The number of carbonyl (C=O) groups excluding carboxylic acids is 1. The number of rotatable bonds is 2. The summed E-state index contributed by atoms with van der Waals surface area (Å²) in [6, 6.07) is 2.51. The fraction of sp³-hybridized carbons (Fsp3) is 0.500. The maximum atomic E-state index is 13.4. The smallest absolute Gasteiger partial charge is 0.321 e. The maximum absolute atomic E-state index is 13.4. The van der Waals surface area contributed by atoms with E-state index >= 15 is 0 Å². The van der Waals surface area contributed by atoms with E-state index < -0.39 is 17.7 Å². The highest BCUT2D eigenvalue weighted by molar-refractivity contribution is 5.89. The number of aryl methyl sites for hydroxylation is 1. The summed E-state index contributed by atoms with van der Waals surface area (Å²) in [6.45, 7) is 3.85. The predicted octanol–water partition coefficient (Wildman–Crippen LogP) is 3.08. The number of aromatic nitrogens is 2. The van der Waals surface area contributed by atoms with E-state index in [0.717, 1.165) is 31.0 Å². The van der Waals surface area contributed by atoms with Crippen molar-refractivity contribution in [1.29, 1.82) is 0 Å². The first-order valence-corrected chi connectivity index (χ1v) is 8.85. The summed E-state index contributed by atoms with van der Waals surface area (Å²) in [5.41, 5.74) is -0.127. The van der Waals surface area contributed by atoms with E-state index in [1.807, 2.05) is 0 Å². The molecular weight excluding hydrogens is 358 g/mol. The zero-order valence-corrected chi connectivity index (χ0v) is 14.9. The van der Waals surface area contributed by atoms with E-state index in [9.17, 15) is 13.6 Å². The number of nitrogens with zero attached hydrogens (tertiary/aromatic N) is 3. The van der Waals surface area contributed by atoms with Crippen LogP contribution < -0.4 is 5.32 Å². The van der Waals surface area contributed by atoms with Crippen LogP contribution in [-0.2, 0) is 4.74 Å². The Morgan fingerprint density at radius 3 is 2.59 bits per heavy atom. The minimum absolute atomic E-state index is 0.0793. The number of urea groups is 1. The summed E-state index contributed by atoms with van der Waals surface area (Å²) >= 11 is 0. The average molecular weight is 378 g/mol. The highest BCUT2D eigenvalue weighted by atomic mass is 19.1. The number of anilines is 1. The summed E-state index contributed by atoms with van der Waals surface area (Å²) in [5, 5.41) is 6.45. The van der Waals surface area contributed by atoms with Gasteiger partial charge in [0, 0.05) is 43.5 Å². The Kier molecular flexibility index (Phi) is 4.55. The molecule has 0 radical (unpaired) electrons. The minimum Gasteiger partial charge on any atom is -0.381 e. The van der Waals surface area contributed by atoms with Crippen molar-refractivity contribution in [2.24, 2.45) is 5.41 Å². The normalized spacial score (nSPS) is 21.6. The Bertz CT molecular complexity index is 831. The van der Waals surface area contributed by atoms with Crippen molar-refractivity contribution in [2.45, 2.75) is 25.7 Å². The molecule has 1 atom stereocenters. The van der Waals surface area contributed by atoms with Gasteiger partial charge in [0.15, 0.2) is 5.82 Å². The van der Waals surface area contributed by atoms with Gasteiger partial charge in [-0.25, -0.2) is 13.6 Å². The molecule has 1 aromatic heterocycles. The van der Waals surface area contributed by atoms with Crippen molar-refractivity contribution in [3.8, 4) is 0 Å². The summed E-state index contributed by atoms with van der Waals surface area (Å²) in [6.07, 6.45) is 1.55. The average Bonchev–Trinajstić information content (AvgIpc) is 3.19. The van der Waals surface area contributed by atoms with Crippen molar-refractivity contribution >= 4 is 11.7 Å². The van der Waals surface area contributed by atoms with Gasteiger partial charge >= 0.3 is 6.03 Å². The first-order valence-electron chi connectivity index (χ1n) is 8.85. The molecule has 0 saturated carbocycles. The van der Waals surface area contributed by atoms with Crippen LogP contribution >= 0.6 is 0 Å². The Hall–Kier alpha value is -2.55. The molecule has 144 valence electrons. The van der Waals surface area contributed by atoms with Crippen molar-refractivity contribution in [3.63, 3.8) is 0 Å². The molecule has 0 bridgehead atoms. The Morgan fingerprint density at radius 1 is 1.26 bits per heavy atom. The zero-order chi connectivity index (χ0) is 19.0. The number of amides is 2. The van der Waals surface area contributed by atoms with Crippen LogP contribution in [-0.4, -0.2) is 47.4 Å². The number of likely N-dealkylation sites (tertiary alicyclic amines) is 1. The van der Waals surface area contributed by atoms with Crippen molar-refractivity contribution in [3.05, 3.63) is 41.5 Å². The lowest BCUT2D eigenvalue weighted by Gasteiger charge is -2.36. The first kappa shape index (κ1) is 17.8. The molecular formula is C18H20F2N4O3. The quantitative estimate of drug-likeness (QED) is 0.869. The van der Waals surface area contributed by atoms with Crippen LogP contribution in [0, 0.1) is 24.0 Å². The molecule has 7 nitrogen and oxygen atoms in total. The molecule has 2 amide bonds. The summed E-state index contributed by atoms with van der Waals surface area (Å²) in [7, 11) is 0. The Labute approximate surface area is 154 Å². The summed E-state index contributed by atoms with van der Waals surface area (Å²) < 4.78 is 37.6. The van der Waals surface area contributed by atoms with Crippen LogP contribution in [0.5, 0.6) is 0 Å². The van der Waals surface area contributed by atoms with E-state index in [2.05, 4.69) is 15.5 Å². The van der Waals surface area contributed by atoms with E-state index in [4.69, 9.17) is 9.26 Å². The lowest BCUT2D eigenvalue weighted by molar-refractivity contribution is 0.00959. The van der Waals surface area contributed by atoms with Gasteiger partial charge in [-0.05, 0) is 31.9 Å². The monoisotopic (exact) mass is 378 g/mol. The molecule has 27 heavy (non-hydrogen) atoms. The third-order valence-corrected chi connectivity index (χ3v) is 5.38. The number of halogens is 2. The second-order valence-corrected chi connectivity index (χ2v) is 7.18. The van der Waals surface area contributed by atoms with Gasteiger partial charge in [-0.3, -0.25) is 0 Å². The van der Waals surface area contributed by atoms with Gasteiger partial charge < -0.3 is 19.5 Å². The fourth-order valence-electron chi connectivity index (χ4n) is 4.03. The molecule has 1 N–H and O–H groups in total. The van der Waals surface area contributed by atoms with Crippen LogP contribution in [0.25, 0.3) is 0 Å². The molecule has 0 aliphatic carbocycles. The van der Waals surface area contributed by atoms with E-state index in [0.29, 0.717) is 38.0 Å². The van der Waals surface area contributed by atoms with Gasteiger partial charge in [-0.2, -0.15) is 4.98 Å². The molecule has 2 aromatic rings. The maximum Gasteiger partial charge on any atom is 0.321 e. The molecule has 1 unspecified atom stereocenters. The molecule has 4 rings (SSSR count). The van der Waals surface area contributed by atoms with Gasteiger partial charge in [-0.15, -0.1) is 0 Å². The van der Waals surface area contributed by atoms with Crippen LogP contribution in [0.15, 0.2) is 22.7 Å². The van der Waals surface area contributed by atoms with Crippen molar-refractivity contribution < 1.29 is 22.8 Å². The predicted molar refractivity (Wildman–Crippen MR) is 91.2 cm³/mol. The van der Waals surface area contributed by atoms with E-state index in [1.165, 1.54) is 0 Å². The minimum atomic E-state index is -0.744. The molecule has 2 aliphatic heterocycles. The Morgan fingerprint density at radius 2 is 1.96 bits per heavy atom. The highest BCUT2D eigenvalue weighted by Gasteiger charge is 2.51. The number of hydrogen-bond acceptors (Lipinski definition) is 5. The van der Waals surface area contributed by atoms with Gasteiger partial charge in [0.25, 0.3) is 0 Å². The highest BCUT2D eigenvalue weighted by Crippen LogP contribution is 2.49. The second-order valence-electron chi connectivity index (χ2n) is 7.18. The number of hydrogen-bond donors (Lipinski definition) is 1. The van der Waals surface area contributed by atoms with Crippen LogP contribution in [0.3, 0.4) is 0 Å². The number of ether oxygens (including phenoxy) is 1. The number of carbonyl (C=O) groups is 1. The lowest BCUT2D eigenvalue weighted by Crippen LogP contribution is -2.38. The largest absolute Gasteiger partial charge is 0.381 e. The standard InChI is InChI=1S/C18H20F2N4O3/c1-11-21-16(27-23-11)15-9-24(10-18(15)2-4-26-5-3-18)17(25)22-14-7-12(19)6-13(20)8-14/h6-8,15H,2-5,9-10H2,1H3,(H,22,25). The molecule has 1 spiro atoms. The lowest BCUT2D eigenvalue weighted by atomic mass is 9.72. The van der Waals surface area contributed by atoms with Crippen molar-refractivity contribution in [2.75, 3.05) is 31.6 Å². The SMILES string of the molecule is Cc1noc(C2CN(C(=O)Nc3cc(F)cc(F)c3)CC23CCOCC3)n1.